The Labute approximate surface area is 172 Å². The van der Waals surface area contributed by atoms with Crippen LogP contribution in [0.15, 0.2) is 48.5 Å². The summed E-state index contributed by atoms with van der Waals surface area (Å²) in [5.74, 6) is 0.874. The molecule has 1 aliphatic heterocycles. The minimum Gasteiger partial charge on any atom is -0.491 e. The van der Waals surface area contributed by atoms with Gasteiger partial charge in [-0.05, 0) is 50.1 Å². The minimum absolute atomic E-state index is 0.00132. The molecule has 150 valence electrons. The number of hydrogen-bond donors (Lipinski definition) is 1. The molecule has 5 nitrogen and oxygen atoms in total. The Bertz CT molecular complexity index is 772. The summed E-state index contributed by atoms with van der Waals surface area (Å²) in [5, 5.41) is 3.78. The van der Waals surface area contributed by atoms with Crippen molar-refractivity contribution in [2.45, 2.75) is 26.4 Å². The van der Waals surface area contributed by atoms with E-state index in [2.05, 4.69) is 10.2 Å². The molecule has 2 aromatic carbocycles. The first-order valence-electron chi connectivity index (χ1n) is 9.81. The number of carbonyl (C=O) groups excluding carboxylic acids is 1. The van der Waals surface area contributed by atoms with Crippen LogP contribution < -0.4 is 15.0 Å². The van der Waals surface area contributed by atoms with Crippen molar-refractivity contribution in [2.24, 2.45) is 0 Å². The van der Waals surface area contributed by atoms with Gasteiger partial charge in [0.15, 0.2) is 0 Å². The van der Waals surface area contributed by atoms with Gasteiger partial charge >= 0.3 is 6.03 Å². The highest BCUT2D eigenvalue weighted by Crippen LogP contribution is 2.26. The summed E-state index contributed by atoms with van der Waals surface area (Å²) in [5.41, 5.74) is 2.22. The van der Waals surface area contributed by atoms with E-state index < -0.39 is 0 Å². The topological polar surface area (TPSA) is 44.8 Å². The van der Waals surface area contributed by atoms with Crippen LogP contribution in [-0.4, -0.2) is 49.8 Å². The van der Waals surface area contributed by atoms with Crippen molar-refractivity contribution in [3.63, 3.8) is 0 Å². The highest BCUT2D eigenvalue weighted by Gasteiger charge is 2.21. The Kier molecular flexibility index (Phi) is 7.04. The zero-order chi connectivity index (χ0) is 19.9. The van der Waals surface area contributed by atoms with Crippen LogP contribution in [0.25, 0.3) is 0 Å². The first-order valence-corrected chi connectivity index (χ1v) is 10.2. The van der Waals surface area contributed by atoms with Gasteiger partial charge in [-0.2, -0.15) is 0 Å². The van der Waals surface area contributed by atoms with Crippen LogP contribution in [0.4, 0.5) is 10.5 Å². The normalized spacial score (nSPS) is 14.3. The molecule has 2 amide bonds. The second-order valence-electron chi connectivity index (χ2n) is 7.22. The predicted molar refractivity (Wildman–Crippen MR) is 115 cm³/mol. The van der Waals surface area contributed by atoms with E-state index >= 15 is 0 Å². The second-order valence-corrected chi connectivity index (χ2v) is 7.63. The van der Waals surface area contributed by atoms with E-state index in [4.69, 9.17) is 16.3 Å². The van der Waals surface area contributed by atoms with Gasteiger partial charge in [-0.3, -0.25) is 0 Å². The fourth-order valence-electron chi connectivity index (χ4n) is 3.29. The van der Waals surface area contributed by atoms with Crippen LogP contribution in [0.2, 0.25) is 5.02 Å². The van der Waals surface area contributed by atoms with E-state index in [1.54, 1.807) is 0 Å². The number of benzene rings is 2. The highest BCUT2D eigenvalue weighted by atomic mass is 35.5. The van der Waals surface area contributed by atoms with Crippen molar-refractivity contribution < 1.29 is 9.53 Å². The lowest BCUT2D eigenvalue weighted by Crippen LogP contribution is -2.52. The first-order chi connectivity index (χ1) is 13.5. The molecular weight excluding hydrogens is 374 g/mol. The molecular formula is C22H28ClN3O2. The molecule has 0 bridgehead atoms. The average molecular weight is 402 g/mol. The van der Waals surface area contributed by atoms with Gasteiger partial charge in [-0.15, -0.1) is 0 Å². The third kappa shape index (κ3) is 5.55. The number of piperazine rings is 1. The van der Waals surface area contributed by atoms with Gasteiger partial charge in [0, 0.05) is 32.7 Å². The number of rotatable bonds is 6. The van der Waals surface area contributed by atoms with E-state index in [1.807, 2.05) is 67.3 Å². The molecule has 1 heterocycles. The molecule has 1 saturated heterocycles. The molecule has 0 aliphatic carbocycles. The fraction of sp³-hybridized carbons (Fsp3) is 0.409. The first kappa shape index (κ1) is 20.3. The summed E-state index contributed by atoms with van der Waals surface area (Å²) < 4.78 is 5.65. The summed E-state index contributed by atoms with van der Waals surface area (Å²) in [6, 6.07) is 15.9. The smallest absolute Gasteiger partial charge is 0.317 e. The summed E-state index contributed by atoms with van der Waals surface area (Å²) in [6.45, 7) is 7.60. The number of nitrogens with one attached hydrogen (secondary N) is 1. The Balaban J connectivity index is 1.41. The molecule has 0 radical (unpaired) electrons. The molecule has 0 atom stereocenters. The number of anilines is 1. The van der Waals surface area contributed by atoms with Gasteiger partial charge in [0.2, 0.25) is 0 Å². The van der Waals surface area contributed by atoms with E-state index in [0.717, 1.165) is 36.0 Å². The highest BCUT2D eigenvalue weighted by molar-refractivity contribution is 6.33. The van der Waals surface area contributed by atoms with Crippen LogP contribution in [0.5, 0.6) is 5.75 Å². The van der Waals surface area contributed by atoms with E-state index in [1.165, 1.54) is 5.56 Å². The number of ether oxygens (including phenoxy) is 1. The maximum absolute atomic E-state index is 12.4. The lowest BCUT2D eigenvalue weighted by molar-refractivity contribution is 0.194. The number of carbonyl (C=O) groups is 1. The predicted octanol–water partition coefficient (Wildman–Crippen LogP) is 4.20. The summed E-state index contributed by atoms with van der Waals surface area (Å²) >= 11 is 6.28. The lowest BCUT2D eigenvalue weighted by atomic mass is 10.1. The molecule has 2 aromatic rings. The van der Waals surface area contributed by atoms with E-state index in [0.29, 0.717) is 19.6 Å². The maximum atomic E-state index is 12.4. The van der Waals surface area contributed by atoms with Crippen molar-refractivity contribution in [3.05, 3.63) is 59.1 Å². The van der Waals surface area contributed by atoms with Crippen LogP contribution in [-0.2, 0) is 6.42 Å². The molecule has 0 unspecified atom stereocenters. The van der Waals surface area contributed by atoms with Crippen molar-refractivity contribution in [3.8, 4) is 5.75 Å². The van der Waals surface area contributed by atoms with Gasteiger partial charge in [0.1, 0.15) is 5.75 Å². The van der Waals surface area contributed by atoms with Gasteiger partial charge in [-0.25, -0.2) is 4.79 Å². The Morgan fingerprint density at radius 2 is 1.75 bits per heavy atom. The van der Waals surface area contributed by atoms with Crippen molar-refractivity contribution in [2.75, 3.05) is 37.6 Å². The molecule has 28 heavy (non-hydrogen) atoms. The third-order valence-corrected chi connectivity index (χ3v) is 5.06. The summed E-state index contributed by atoms with van der Waals surface area (Å²) in [4.78, 5) is 16.5. The Hall–Kier alpha value is -2.40. The number of para-hydroxylation sites is 1. The number of hydrogen-bond acceptors (Lipinski definition) is 3. The largest absolute Gasteiger partial charge is 0.491 e. The van der Waals surface area contributed by atoms with Crippen molar-refractivity contribution in [1.29, 1.82) is 0 Å². The molecule has 1 aliphatic rings. The quantitative estimate of drug-likeness (QED) is 0.788. The Morgan fingerprint density at radius 1 is 1.07 bits per heavy atom. The number of urea groups is 1. The molecule has 0 spiro atoms. The third-order valence-electron chi connectivity index (χ3n) is 4.75. The molecule has 0 aromatic heterocycles. The van der Waals surface area contributed by atoms with Crippen LogP contribution in [0, 0.1) is 0 Å². The van der Waals surface area contributed by atoms with E-state index in [-0.39, 0.29) is 12.1 Å². The van der Waals surface area contributed by atoms with Crippen LogP contribution >= 0.6 is 11.6 Å². The minimum atomic E-state index is -0.00132. The summed E-state index contributed by atoms with van der Waals surface area (Å²) in [6.07, 6.45) is 0.969. The van der Waals surface area contributed by atoms with E-state index in [9.17, 15) is 4.79 Å². The van der Waals surface area contributed by atoms with Gasteiger partial charge in [-0.1, -0.05) is 35.9 Å². The number of halogens is 1. The lowest BCUT2D eigenvalue weighted by Gasteiger charge is -2.36. The standard InChI is InChI=1S/C22H28ClN3O2/c1-17(2)28-19-9-7-18(8-10-19)11-12-24-22(27)26-15-13-25(14-16-26)21-6-4-3-5-20(21)23/h3-10,17H,11-16H2,1-2H3,(H,24,27). The maximum Gasteiger partial charge on any atom is 0.317 e. The van der Waals surface area contributed by atoms with Crippen molar-refractivity contribution >= 4 is 23.3 Å². The Morgan fingerprint density at radius 3 is 2.39 bits per heavy atom. The van der Waals surface area contributed by atoms with Gasteiger partial charge in [0.25, 0.3) is 0 Å². The van der Waals surface area contributed by atoms with Gasteiger partial charge < -0.3 is 19.9 Å². The molecule has 0 saturated carbocycles. The number of amides is 2. The SMILES string of the molecule is CC(C)Oc1ccc(CCNC(=O)N2CCN(c3ccccc3Cl)CC2)cc1. The van der Waals surface area contributed by atoms with Crippen LogP contribution in [0.3, 0.4) is 0 Å². The fourth-order valence-corrected chi connectivity index (χ4v) is 3.55. The molecule has 3 rings (SSSR count). The second kappa shape index (κ2) is 9.69. The number of nitrogens with zero attached hydrogens (tertiary/aromatic N) is 2. The molecule has 1 fully saturated rings. The average Bonchev–Trinajstić information content (AvgIpc) is 2.69. The summed E-state index contributed by atoms with van der Waals surface area (Å²) in [7, 11) is 0. The van der Waals surface area contributed by atoms with Gasteiger partial charge in [0.05, 0.1) is 16.8 Å². The van der Waals surface area contributed by atoms with Crippen molar-refractivity contribution in [1.82, 2.24) is 10.2 Å². The molecule has 6 heteroatoms. The zero-order valence-corrected chi connectivity index (χ0v) is 17.3. The van der Waals surface area contributed by atoms with Crippen LogP contribution in [0.1, 0.15) is 19.4 Å². The monoisotopic (exact) mass is 401 g/mol. The molecule has 1 N–H and O–H groups in total. The zero-order valence-electron chi connectivity index (χ0n) is 16.5.